The van der Waals surface area contributed by atoms with Gasteiger partial charge in [-0.25, -0.2) is 4.98 Å². The Kier molecular flexibility index (Phi) is 6.39. The second kappa shape index (κ2) is 9.60. The molecule has 1 aliphatic heterocycles. The van der Waals surface area contributed by atoms with Crippen molar-refractivity contribution in [1.82, 2.24) is 24.6 Å². The first-order chi connectivity index (χ1) is 16.5. The molecule has 4 heterocycles. The van der Waals surface area contributed by atoms with Crippen molar-refractivity contribution >= 4 is 28.8 Å². The number of rotatable bonds is 5. The number of anilines is 1. The summed E-state index contributed by atoms with van der Waals surface area (Å²) >= 11 is 0. The zero-order valence-corrected chi connectivity index (χ0v) is 20.4. The van der Waals surface area contributed by atoms with Crippen molar-refractivity contribution in [2.75, 3.05) is 38.1 Å². The molecule has 8 nitrogen and oxygen atoms in total. The normalized spacial score (nSPS) is 21.8. The monoisotopic (exact) mass is 461 g/mol. The second-order valence-corrected chi connectivity index (χ2v) is 9.91. The van der Waals surface area contributed by atoms with Crippen LogP contribution in [0.15, 0.2) is 35.7 Å². The molecule has 0 aromatic carbocycles. The Labute approximate surface area is 201 Å². The number of hydrogen-bond acceptors (Lipinski definition) is 5. The van der Waals surface area contributed by atoms with E-state index in [1.54, 1.807) is 0 Å². The van der Waals surface area contributed by atoms with E-state index >= 15 is 0 Å². The van der Waals surface area contributed by atoms with Crippen LogP contribution in [0.2, 0.25) is 0 Å². The van der Waals surface area contributed by atoms with Crippen molar-refractivity contribution in [2.45, 2.75) is 45.6 Å². The van der Waals surface area contributed by atoms with Crippen LogP contribution in [-0.4, -0.2) is 70.0 Å². The van der Waals surface area contributed by atoms with Gasteiger partial charge in [-0.05, 0) is 57.6 Å². The second-order valence-electron chi connectivity index (χ2n) is 9.91. The number of H-pyrrole nitrogens is 1. The van der Waals surface area contributed by atoms with Gasteiger partial charge in [0.15, 0.2) is 0 Å². The number of nitrogens with zero attached hydrogens (tertiary/aromatic N) is 6. The van der Waals surface area contributed by atoms with Gasteiger partial charge in [-0.3, -0.25) is 9.48 Å². The van der Waals surface area contributed by atoms with Crippen molar-refractivity contribution in [1.29, 1.82) is 0 Å². The molecule has 3 aromatic rings. The fraction of sp³-hybridized carbons (Fsp3) is 0.538. The minimum Gasteiger partial charge on any atom is -0.367 e. The molecule has 34 heavy (non-hydrogen) atoms. The molecule has 0 radical (unpaired) electrons. The van der Waals surface area contributed by atoms with Crippen LogP contribution < -0.4 is 4.90 Å². The van der Waals surface area contributed by atoms with Gasteiger partial charge in [-0.15, -0.1) is 0 Å². The first kappa shape index (κ1) is 22.6. The molecule has 1 N–H and O–H groups in total. The van der Waals surface area contributed by atoms with E-state index in [1.807, 2.05) is 24.1 Å². The summed E-state index contributed by atoms with van der Waals surface area (Å²) < 4.78 is 1.97. The van der Waals surface area contributed by atoms with Gasteiger partial charge < -0.3 is 19.8 Å². The Bertz CT molecular complexity index is 1160. The summed E-state index contributed by atoms with van der Waals surface area (Å²) in [5.41, 5.74) is 4.15. The van der Waals surface area contributed by atoms with E-state index in [1.165, 1.54) is 5.69 Å². The number of carbonyl (C=O) groups excluding carboxylic acids is 1. The first-order valence-electron chi connectivity index (χ1n) is 12.5. The number of pyridine rings is 1. The molecule has 5 rings (SSSR count). The fourth-order valence-corrected chi connectivity index (χ4v) is 5.36. The number of aromatic nitrogens is 4. The Balaban J connectivity index is 1.26. The van der Waals surface area contributed by atoms with E-state index in [2.05, 4.69) is 68.3 Å². The molecule has 1 amide bonds. The molecule has 8 heteroatoms. The number of piperazine rings is 1. The number of carbonyl (C=O) groups is 1. The predicted octanol–water partition coefficient (Wildman–Crippen LogP) is 4.16. The summed E-state index contributed by atoms with van der Waals surface area (Å²) in [4.78, 5) is 29.8. The van der Waals surface area contributed by atoms with Crippen molar-refractivity contribution < 1.29 is 4.79 Å². The van der Waals surface area contributed by atoms with Crippen molar-refractivity contribution in [3.05, 3.63) is 30.7 Å². The van der Waals surface area contributed by atoms with Gasteiger partial charge >= 0.3 is 0 Å². The molecule has 3 aromatic heterocycles. The third kappa shape index (κ3) is 4.45. The molecule has 1 saturated carbocycles. The number of hydrogen-bond donors (Lipinski definition) is 1. The van der Waals surface area contributed by atoms with Crippen LogP contribution >= 0.6 is 0 Å². The lowest BCUT2D eigenvalue weighted by molar-refractivity contribution is -0.137. The van der Waals surface area contributed by atoms with Crippen LogP contribution in [-0.2, 0) is 4.79 Å². The summed E-state index contributed by atoms with van der Waals surface area (Å²) in [6, 6.07) is 4.59. The highest BCUT2D eigenvalue weighted by Crippen LogP contribution is 2.32. The summed E-state index contributed by atoms with van der Waals surface area (Å²) in [6.45, 7) is 7.48. The zero-order valence-electron chi connectivity index (χ0n) is 20.4. The average Bonchev–Trinajstić information content (AvgIpc) is 3.52. The van der Waals surface area contributed by atoms with Crippen LogP contribution in [0.3, 0.4) is 0 Å². The molecular formula is C26H35N7O. The molecule has 2 fully saturated rings. The summed E-state index contributed by atoms with van der Waals surface area (Å²) in [5, 5.41) is 5.59. The molecule has 1 aliphatic carbocycles. The Hall–Kier alpha value is -3.16. The topological polar surface area (TPSA) is 82.4 Å². The number of nitrogens with one attached hydrogen (secondary N) is 1. The minimum absolute atomic E-state index is 0.180. The summed E-state index contributed by atoms with van der Waals surface area (Å²) in [6.07, 6.45) is 12.0. The quantitative estimate of drug-likeness (QED) is 0.579. The van der Waals surface area contributed by atoms with Gasteiger partial charge in [0.25, 0.3) is 0 Å². The zero-order chi connectivity index (χ0) is 23.7. The van der Waals surface area contributed by atoms with E-state index in [0.717, 1.165) is 74.2 Å². The Morgan fingerprint density at radius 3 is 2.62 bits per heavy atom. The molecule has 1 saturated heterocycles. The van der Waals surface area contributed by atoms with Crippen molar-refractivity contribution in [3.8, 4) is 11.3 Å². The summed E-state index contributed by atoms with van der Waals surface area (Å²) in [7, 11) is 1.84. The van der Waals surface area contributed by atoms with Crippen LogP contribution in [0.4, 0.5) is 5.69 Å². The Morgan fingerprint density at radius 1 is 1.18 bits per heavy atom. The lowest BCUT2D eigenvalue weighted by Gasteiger charge is -2.38. The average molecular weight is 462 g/mol. The number of aromatic amines is 1. The standard InChI is InChI=1S/C26H35N7O/c1-18(2)33-17-21(16-29-33)23-14-22-24(8-9-28-25(22)30-23)31-10-12-32(13-11-31)26(34)20-6-4-19(5-7-20)15-27-3/h8-9,14-20H,4-7,10-13H2,1-3H3,(H,28,30)/t19-,20-. The SMILES string of the molecule is CN=C[C@H]1CC[C@H](C(=O)N2CCN(c3ccnc4[nH]c(-c5cnn(C(C)C)c5)cc34)CC2)CC1. The largest absolute Gasteiger partial charge is 0.367 e. The number of fused-ring (bicyclic) bond motifs is 1. The highest BCUT2D eigenvalue weighted by Gasteiger charge is 2.31. The van der Waals surface area contributed by atoms with Gasteiger partial charge in [-0.2, -0.15) is 5.10 Å². The molecule has 0 spiro atoms. The van der Waals surface area contributed by atoms with E-state index in [0.29, 0.717) is 17.9 Å². The maximum absolute atomic E-state index is 13.1. The highest BCUT2D eigenvalue weighted by atomic mass is 16.2. The van der Waals surface area contributed by atoms with Gasteiger partial charge in [-0.1, -0.05) is 0 Å². The maximum Gasteiger partial charge on any atom is 0.225 e. The smallest absolute Gasteiger partial charge is 0.225 e. The van der Waals surface area contributed by atoms with E-state index in [-0.39, 0.29) is 5.92 Å². The van der Waals surface area contributed by atoms with Gasteiger partial charge in [0.05, 0.1) is 11.9 Å². The first-order valence-corrected chi connectivity index (χ1v) is 12.5. The van der Waals surface area contributed by atoms with Crippen LogP contribution in [0.5, 0.6) is 0 Å². The van der Waals surface area contributed by atoms with Gasteiger partial charge in [0.1, 0.15) is 5.65 Å². The Morgan fingerprint density at radius 2 is 1.94 bits per heavy atom. The van der Waals surface area contributed by atoms with Crippen LogP contribution in [0.1, 0.15) is 45.6 Å². The lowest BCUT2D eigenvalue weighted by atomic mass is 9.82. The molecular weight excluding hydrogens is 426 g/mol. The molecule has 2 aliphatic rings. The maximum atomic E-state index is 13.1. The highest BCUT2D eigenvalue weighted by molar-refractivity contribution is 5.94. The number of amides is 1. The molecule has 0 bridgehead atoms. The van der Waals surface area contributed by atoms with Gasteiger partial charge in [0.2, 0.25) is 5.91 Å². The third-order valence-electron chi connectivity index (χ3n) is 7.36. The minimum atomic E-state index is 0.180. The third-order valence-corrected chi connectivity index (χ3v) is 7.36. The van der Waals surface area contributed by atoms with Crippen LogP contribution in [0.25, 0.3) is 22.3 Å². The van der Waals surface area contributed by atoms with Crippen molar-refractivity contribution in [3.63, 3.8) is 0 Å². The van der Waals surface area contributed by atoms with Crippen molar-refractivity contribution in [2.24, 2.45) is 16.8 Å². The van der Waals surface area contributed by atoms with Crippen LogP contribution in [0, 0.1) is 11.8 Å². The predicted molar refractivity (Wildman–Crippen MR) is 136 cm³/mol. The molecule has 0 atom stereocenters. The fourth-order valence-electron chi connectivity index (χ4n) is 5.36. The van der Waals surface area contributed by atoms with E-state index in [4.69, 9.17) is 0 Å². The van der Waals surface area contributed by atoms with Gasteiger partial charge in [0, 0.05) is 80.4 Å². The molecule has 0 unspecified atom stereocenters. The van der Waals surface area contributed by atoms with E-state index in [9.17, 15) is 4.79 Å². The number of aliphatic imine (C=N–C) groups is 1. The summed E-state index contributed by atoms with van der Waals surface area (Å²) in [5.74, 6) is 1.07. The molecule has 180 valence electrons. The lowest BCUT2D eigenvalue weighted by Crippen LogP contribution is -2.50. The van der Waals surface area contributed by atoms with E-state index < -0.39 is 0 Å².